The summed E-state index contributed by atoms with van der Waals surface area (Å²) in [6.45, 7) is 2.44. The first kappa shape index (κ1) is 18.6. The predicted molar refractivity (Wildman–Crippen MR) is 102 cm³/mol. The van der Waals surface area contributed by atoms with Crippen LogP contribution in [0.2, 0.25) is 0 Å². The standard InChI is InChI=1S/C22H22F2N2O2/c1-14-4-2-3-5-19(14)21-11-18(28-25-21)13-26(22(27)15-6-7-15)12-16-8-9-17(23)10-20(16)24/h2-5,8-10,15,18H,6-7,11-13H2,1H3. The van der Waals surface area contributed by atoms with Gasteiger partial charge in [-0.3, -0.25) is 4.79 Å². The Morgan fingerprint density at radius 1 is 1.21 bits per heavy atom. The molecule has 28 heavy (non-hydrogen) atoms. The Balaban J connectivity index is 1.46. The van der Waals surface area contributed by atoms with Gasteiger partial charge in [-0.1, -0.05) is 35.5 Å². The largest absolute Gasteiger partial charge is 0.390 e. The molecule has 2 aromatic carbocycles. The van der Waals surface area contributed by atoms with E-state index in [2.05, 4.69) is 5.16 Å². The molecule has 146 valence electrons. The average Bonchev–Trinajstić information content (AvgIpc) is 3.42. The lowest BCUT2D eigenvalue weighted by atomic mass is 10.00. The van der Waals surface area contributed by atoms with Crippen LogP contribution in [0.25, 0.3) is 0 Å². The number of amides is 1. The molecule has 0 saturated heterocycles. The fourth-order valence-electron chi connectivity index (χ4n) is 3.50. The highest BCUT2D eigenvalue weighted by Crippen LogP contribution is 2.32. The fraction of sp³-hybridized carbons (Fsp3) is 0.364. The van der Waals surface area contributed by atoms with Crippen molar-refractivity contribution >= 4 is 11.6 Å². The Kier molecular flexibility index (Phi) is 5.11. The molecule has 1 fully saturated rings. The third kappa shape index (κ3) is 4.06. The molecule has 1 saturated carbocycles. The summed E-state index contributed by atoms with van der Waals surface area (Å²) >= 11 is 0. The van der Waals surface area contributed by atoms with Gasteiger partial charge in [0.05, 0.1) is 12.3 Å². The summed E-state index contributed by atoms with van der Waals surface area (Å²) in [5.74, 6) is -1.27. The van der Waals surface area contributed by atoms with Gasteiger partial charge in [-0.2, -0.15) is 0 Å². The van der Waals surface area contributed by atoms with Crippen molar-refractivity contribution in [3.63, 3.8) is 0 Å². The fourth-order valence-corrected chi connectivity index (χ4v) is 3.50. The van der Waals surface area contributed by atoms with Crippen LogP contribution in [0.15, 0.2) is 47.6 Å². The molecule has 0 radical (unpaired) electrons. The monoisotopic (exact) mass is 384 g/mol. The molecular formula is C22H22F2N2O2. The van der Waals surface area contributed by atoms with Crippen molar-refractivity contribution in [1.29, 1.82) is 0 Å². The highest BCUT2D eigenvalue weighted by molar-refractivity contribution is 6.02. The Bertz CT molecular complexity index is 925. The Hall–Kier alpha value is -2.76. The maximum Gasteiger partial charge on any atom is 0.226 e. The molecule has 0 aromatic heterocycles. The summed E-state index contributed by atoms with van der Waals surface area (Å²) in [4.78, 5) is 19.9. The number of rotatable bonds is 6. The van der Waals surface area contributed by atoms with Crippen LogP contribution >= 0.6 is 0 Å². The van der Waals surface area contributed by atoms with Crippen LogP contribution < -0.4 is 0 Å². The maximum absolute atomic E-state index is 14.1. The van der Waals surface area contributed by atoms with E-state index in [-0.39, 0.29) is 24.5 Å². The first-order valence-electron chi connectivity index (χ1n) is 9.52. The molecule has 6 heteroatoms. The molecule has 1 aliphatic heterocycles. The van der Waals surface area contributed by atoms with Crippen LogP contribution in [0.5, 0.6) is 0 Å². The lowest BCUT2D eigenvalue weighted by Gasteiger charge is -2.25. The summed E-state index contributed by atoms with van der Waals surface area (Å²) in [6, 6.07) is 11.4. The van der Waals surface area contributed by atoms with E-state index in [9.17, 15) is 13.6 Å². The molecule has 2 aromatic rings. The van der Waals surface area contributed by atoms with Crippen molar-refractivity contribution in [3.05, 3.63) is 70.8 Å². The molecule has 4 nitrogen and oxygen atoms in total. The van der Waals surface area contributed by atoms with Gasteiger partial charge in [0.15, 0.2) is 6.10 Å². The van der Waals surface area contributed by atoms with E-state index in [1.807, 2.05) is 31.2 Å². The van der Waals surface area contributed by atoms with E-state index in [1.165, 1.54) is 12.1 Å². The van der Waals surface area contributed by atoms with Crippen LogP contribution in [0, 0.1) is 24.5 Å². The van der Waals surface area contributed by atoms with Crippen molar-refractivity contribution < 1.29 is 18.4 Å². The van der Waals surface area contributed by atoms with Gasteiger partial charge in [-0.05, 0) is 31.4 Å². The highest BCUT2D eigenvalue weighted by Gasteiger charge is 2.36. The number of aryl methyl sites for hydroxylation is 1. The first-order valence-corrected chi connectivity index (χ1v) is 9.52. The van der Waals surface area contributed by atoms with E-state index >= 15 is 0 Å². The number of carbonyl (C=O) groups is 1. The van der Waals surface area contributed by atoms with E-state index in [0.29, 0.717) is 18.5 Å². The van der Waals surface area contributed by atoms with Crippen LogP contribution in [-0.2, 0) is 16.2 Å². The Morgan fingerprint density at radius 3 is 2.71 bits per heavy atom. The van der Waals surface area contributed by atoms with Gasteiger partial charge in [0.25, 0.3) is 0 Å². The lowest BCUT2D eigenvalue weighted by molar-refractivity contribution is -0.135. The van der Waals surface area contributed by atoms with E-state index in [0.717, 1.165) is 35.7 Å². The number of oxime groups is 1. The molecule has 1 aliphatic carbocycles. The second-order valence-electron chi connectivity index (χ2n) is 7.51. The minimum Gasteiger partial charge on any atom is -0.390 e. The number of hydrogen-bond donors (Lipinski definition) is 0. The second kappa shape index (κ2) is 7.70. The van der Waals surface area contributed by atoms with Crippen molar-refractivity contribution in [2.45, 2.75) is 38.8 Å². The minimum atomic E-state index is -0.641. The van der Waals surface area contributed by atoms with Crippen LogP contribution in [0.3, 0.4) is 0 Å². The first-order chi connectivity index (χ1) is 13.5. The third-order valence-corrected chi connectivity index (χ3v) is 5.23. The van der Waals surface area contributed by atoms with Crippen molar-refractivity contribution in [2.75, 3.05) is 6.54 Å². The lowest BCUT2D eigenvalue weighted by Crippen LogP contribution is -2.38. The summed E-state index contributed by atoms with van der Waals surface area (Å²) in [7, 11) is 0. The molecule has 0 bridgehead atoms. The molecule has 1 heterocycles. The number of nitrogens with zero attached hydrogens (tertiary/aromatic N) is 2. The van der Waals surface area contributed by atoms with Gasteiger partial charge in [-0.15, -0.1) is 0 Å². The molecule has 1 unspecified atom stereocenters. The average molecular weight is 384 g/mol. The van der Waals surface area contributed by atoms with Crippen LogP contribution in [-0.4, -0.2) is 29.2 Å². The molecule has 4 rings (SSSR count). The summed E-state index contributed by atoms with van der Waals surface area (Å²) in [5.41, 5.74) is 3.31. The maximum atomic E-state index is 14.1. The quantitative estimate of drug-likeness (QED) is 0.749. The van der Waals surface area contributed by atoms with Gasteiger partial charge in [0.1, 0.15) is 11.6 Å². The van der Waals surface area contributed by atoms with E-state index < -0.39 is 11.6 Å². The molecule has 0 N–H and O–H groups in total. The highest BCUT2D eigenvalue weighted by atomic mass is 19.1. The zero-order chi connectivity index (χ0) is 19.7. The van der Waals surface area contributed by atoms with Gasteiger partial charge in [-0.25, -0.2) is 8.78 Å². The van der Waals surface area contributed by atoms with E-state index in [1.54, 1.807) is 4.90 Å². The Labute approximate surface area is 162 Å². The second-order valence-corrected chi connectivity index (χ2v) is 7.51. The molecule has 1 amide bonds. The number of carbonyl (C=O) groups excluding carboxylic acids is 1. The van der Waals surface area contributed by atoms with Crippen LogP contribution in [0.4, 0.5) is 8.78 Å². The van der Waals surface area contributed by atoms with Gasteiger partial charge < -0.3 is 9.74 Å². The van der Waals surface area contributed by atoms with Crippen LogP contribution in [0.1, 0.15) is 36.0 Å². The zero-order valence-electron chi connectivity index (χ0n) is 15.7. The number of halogens is 2. The molecule has 2 aliphatic rings. The molecule has 0 spiro atoms. The van der Waals surface area contributed by atoms with Gasteiger partial charge in [0, 0.05) is 36.1 Å². The number of hydrogen-bond acceptors (Lipinski definition) is 3. The van der Waals surface area contributed by atoms with Gasteiger partial charge >= 0.3 is 0 Å². The summed E-state index contributed by atoms with van der Waals surface area (Å²) in [5, 5.41) is 4.21. The van der Waals surface area contributed by atoms with Gasteiger partial charge in [0.2, 0.25) is 5.91 Å². The summed E-state index contributed by atoms with van der Waals surface area (Å²) < 4.78 is 27.3. The predicted octanol–water partition coefficient (Wildman–Crippen LogP) is 4.21. The normalized spacial score (nSPS) is 18.5. The molecule has 1 atom stereocenters. The number of benzene rings is 2. The SMILES string of the molecule is Cc1ccccc1C1=NOC(CN(Cc2ccc(F)cc2F)C(=O)C2CC2)C1. The zero-order valence-corrected chi connectivity index (χ0v) is 15.7. The van der Waals surface area contributed by atoms with Crippen molar-refractivity contribution in [1.82, 2.24) is 4.90 Å². The summed E-state index contributed by atoms with van der Waals surface area (Å²) in [6.07, 6.45) is 2.03. The molecular weight excluding hydrogens is 362 g/mol. The minimum absolute atomic E-state index is 0.00155. The van der Waals surface area contributed by atoms with E-state index in [4.69, 9.17) is 4.84 Å². The topological polar surface area (TPSA) is 41.9 Å². The van der Waals surface area contributed by atoms with Crippen molar-refractivity contribution in [3.8, 4) is 0 Å². The van der Waals surface area contributed by atoms with Crippen molar-refractivity contribution in [2.24, 2.45) is 11.1 Å². The Morgan fingerprint density at radius 2 is 2.00 bits per heavy atom. The third-order valence-electron chi connectivity index (χ3n) is 5.23. The smallest absolute Gasteiger partial charge is 0.226 e.